The van der Waals surface area contributed by atoms with E-state index in [1.54, 1.807) is 24.3 Å². The summed E-state index contributed by atoms with van der Waals surface area (Å²) in [6.45, 7) is 2.27. The van der Waals surface area contributed by atoms with Crippen molar-refractivity contribution < 1.29 is 14.0 Å². The van der Waals surface area contributed by atoms with E-state index in [4.69, 9.17) is 4.84 Å². The highest BCUT2D eigenvalue weighted by molar-refractivity contribution is 5.89. The molecule has 0 radical (unpaired) electrons. The van der Waals surface area contributed by atoms with Gasteiger partial charge in [-0.05, 0) is 80.8 Å². The van der Waals surface area contributed by atoms with Crippen LogP contribution in [0.1, 0.15) is 60.9 Å². The van der Waals surface area contributed by atoms with Crippen LogP contribution in [0.15, 0.2) is 54.6 Å². The van der Waals surface area contributed by atoms with Crippen LogP contribution in [0, 0.1) is 17.2 Å². The molecule has 5 rings (SSSR count). The van der Waals surface area contributed by atoms with E-state index in [1.165, 1.54) is 44.1 Å². The van der Waals surface area contributed by atoms with Crippen molar-refractivity contribution >= 4 is 5.97 Å². The summed E-state index contributed by atoms with van der Waals surface area (Å²) >= 11 is 0. The van der Waals surface area contributed by atoms with Crippen LogP contribution in [-0.4, -0.2) is 36.0 Å². The lowest BCUT2D eigenvalue weighted by molar-refractivity contribution is -0.00582. The van der Waals surface area contributed by atoms with Crippen molar-refractivity contribution in [2.75, 3.05) is 13.1 Å². The number of benzene rings is 2. The zero-order valence-electron chi connectivity index (χ0n) is 18.6. The Labute approximate surface area is 190 Å². The Kier molecular flexibility index (Phi) is 6.29. The first kappa shape index (κ1) is 21.6. The molecule has 170 valence electrons. The van der Waals surface area contributed by atoms with Crippen molar-refractivity contribution in [3.63, 3.8) is 0 Å². The van der Waals surface area contributed by atoms with Gasteiger partial charge in [-0.3, -0.25) is 4.90 Å². The van der Waals surface area contributed by atoms with Crippen LogP contribution in [-0.2, 0) is 11.3 Å². The molecule has 2 aromatic rings. The minimum absolute atomic E-state index is 0.164. The largest absolute Gasteiger partial charge is 0.366 e. The van der Waals surface area contributed by atoms with Crippen LogP contribution in [0.2, 0.25) is 0 Å². The van der Waals surface area contributed by atoms with Crippen LogP contribution in [0.4, 0.5) is 4.39 Å². The van der Waals surface area contributed by atoms with Crippen molar-refractivity contribution in [1.29, 1.82) is 0 Å². The molecular formula is C27H33FN2O2. The minimum Gasteiger partial charge on any atom is -0.366 e. The Morgan fingerprint density at radius 2 is 1.88 bits per heavy atom. The summed E-state index contributed by atoms with van der Waals surface area (Å²) in [5.41, 5.74) is 5.23. The summed E-state index contributed by atoms with van der Waals surface area (Å²) in [4.78, 5) is 20.7. The molecule has 1 N–H and O–H groups in total. The summed E-state index contributed by atoms with van der Waals surface area (Å²) in [5, 5.41) is 0. The lowest BCUT2D eigenvalue weighted by Crippen LogP contribution is -2.47. The van der Waals surface area contributed by atoms with E-state index in [-0.39, 0.29) is 23.2 Å². The van der Waals surface area contributed by atoms with E-state index in [0.717, 1.165) is 25.9 Å². The maximum Gasteiger partial charge on any atom is 0.356 e. The lowest BCUT2D eigenvalue weighted by atomic mass is 9.80. The normalized spacial score (nSPS) is 30.2. The second-order valence-electron chi connectivity index (χ2n) is 9.96. The molecule has 2 aromatic carbocycles. The average Bonchev–Trinajstić information content (AvgIpc) is 3.55. The van der Waals surface area contributed by atoms with E-state index in [1.807, 2.05) is 30.3 Å². The SMILES string of the molecule is O=C(ON[C@@H]1CCCCC12C[C@H]2N1CCC[C@@H](Cc2ccc(F)cc2)C1)c1ccccc1. The second kappa shape index (κ2) is 9.32. The monoisotopic (exact) mass is 436 g/mol. The molecule has 0 aromatic heterocycles. The van der Waals surface area contributed by atoms with Crippen molar-refractivity contribution in [2.45, 2.75) is 63.5 Å². The lowest BCUT2D eigenvalue weighted by Gasteiger charge is -2.38. The molecule has 1 saturated heterocycles. The molecule has 0 amide bonds. The first-order valence-electron chi connectivity index (χ1n) is 12.1. The number of halogens is 1. The first-order chi connectivity index (χ1) is 15.6. The Bertz CT molecular complexity index is 919. The van der Waals surface area contributed by atoms with Gasteiger partial charge in [-0.2, -0.15) is 0 Å². The highest BCUT2D eigenvalue weighted by atomic mass is 19.1. The number of piperidine rings is 1. The van der Waals surface area contributed by atoms with E-state index < -0.39 is 0 Å². The predicted octanol–water partition coefficient (Wildman–Crippen LogP) is 5.14. The maximum absolute atomic E-state index is 13.2. The molecule has 1 unspecified atom stereocenters. The van der Waals surface area contributed by atoms with Gasteiger partial charge in [0.2, 0.25) is 0 Å². The molecule has 2 saturated carbocycles. The number of carbonyl (C=O) groups excluding carboxylic acids is 1. The molecule has 1 heterocycles. The summed E-state index contributed by atoms with van der Waals surface area (Å²) in [6, 6.07) is 17.0. The van der Waals surface area contributed by atoms with Crippen molar-refractivity contribution in [3.8, 4) is 0 Å². The third-order valence-electron chi connectivity index (χ3n) is 7.89. The summed E-state index contributed by atoms with van der Waals surface area (Å²) < 4.78 is 13.2. The molecule has 2 aliphatic carbocycles. The topological polar surface area (TPSA) is 41.6 Å². The molecule has 3 aliphatic rings. The molecule has 32 heavy (non-hydrogen) atoms. The molecule has 4 nitrogen and oxygen atoms in total. The van der Waals surface area contributed by atoms with E-state index in [2.05, 4.69) is 10.4 Å². The average molecular weight is 437 g/mol. The molecule has 0 bridgehead atoms. The summed E-state index contributed by atoms with van der Waals surface area (Å²) in [6.07, 6.45) is 9.38. The summed E-state index contributed by atoms with van der Waals surface area (Å²) in [7, 11) is 0. The Balaban J connectivity index is 1.19. The maximum atomic E-state index is 13.2. The Morgan fingerprint density at radius 3 is 2.69 bits per heavy atom. The van der Waals surface area contributed by atoms with Crippen LogP contribution in [0.3, 0.4) is 0 Å². The Hall–Kier alpha value is -2.24. The fourth-order valence-corrected chi connectivity index (χ4v) is 6.14. The fourth-order valence-electron chi connectivity index (χ4n) is 6.14. The van der Waals surface area contributed by atoms with Crippen molar-refractivity contribution in [3.05, 3.63) is 71.5 Å². The number of hydrogen-bond acceptors (Lipinski definition) is 4. The van der Waals surface area contributed by atoms with Gasteiger partial charge in [0.25, 0.3) is 0 Å². The number of likely N-dealkylation sites (tertiary alicyclic amines) is 1. The minimum atomic E-state index is -0.305. The number of hydrogen-bond donors (Lipinski definition) is 1. The third kappa shape index (κ3) is 4.60. The molecule has 4 atom stereocenters. The first-order valence-corrected chi connectivity index (χ1v) is 12.1. The zero-order chi connectivity index (χ0) is 22.0. The molecular weight excluding hydrogens is 403 g/mol. The van der Waals surface area contributed by atoms with Crippen LogP contribution >= 0.6 is 0 Å². The highest BCUT2D eigenvalue weighted by Gasteiger charge is 2.62. The number of rotatable bonds is 6. The highest BCUT2D eigenvalue weighted by Crippen LogP contribution is 2.59. The number of nitrogens with zero attached hydrogens (tertiary/aromatic N) is 1. The number of nitrogens with one attached hydrogen (secondary N) is 1. The van der Waals surface area contributed by atoms with Gasteiger partial charge in [-0.1, -0.05) is 43.2 Å². The van der Waals surface area contributed by atoms with Gasteiger partial charge < -0.3 is 4.84 Å². The van der Waals surface area contributed by atoms with E-state index in [9.17, 15) is 9.18 Å². The van der Waals surface area contributed by atoms with Gasteiger partial charge in [-0.25, -0.2) is 9.18 Å². The molecule has 1 aliphatic heterocycles. The fraction of sp³-hybridized carbons (Fsp3) is 0.519. The standard InChI is InChI=1S/C27H33FN2O2/c28-23-13-11-20(12-14-23)17-21-7-6-16-30(19-21)25-18-27(25)15-5-4-10-24(27)29-32-26(31)22-8-2-1-3-9-22/h1-3,8-9,11-14,21,24-25,29H,4-7,10,15-19H2/t21-,24+,25+,27?/m0/s1. The summed E-state index contributed by atoms with van der Waals surface area (Å²) in [5.74, 6) is 0.154. The van der Waals surface area contributed by atoms with Crippen LogP contribution in [0.25, 0.3) is 0 Å². The molecule has 1 spiro atoms. The smallest absolute Gasteiger partial charge is 0.356 e. The molecule has 5 heteroatoms. The van der Waals surface area contributed by atoms with Gasteiger partial charge in [0.1, 0.15) is 5.82 Å². The quantitative estimate of drug-likeness (QED) is 0.637. The van der Waals surface area contributed by atoms with Crippen LogP contribution < -0.4 is 5.48 Å². The predicted molar refractivity (Wildman–Crippen MR) is 122 cm³/mol. The number of carbonyl (C=O) groups is 1. The van der Waals surface area contributed by atoms with Crippen LogP contribution in [0.5, 0.6) is 0 Å². The van der Waals surface area contributed by atoms with Crippen molar-refractivity contribution in [2.24, 2.45) is 11.3 Å². The second-order valence-corrected chi connectivity index (χ2v) is 9.96. The van der Waals surface area contributed by atoms with E-state index >= 15 is 0 Å². The van der Waals surface area contributed by atoms with E-state index in [0.29, 0.717) is 17.5 Å². The zero-order valence-corrected chi connectivity index (χ0v) is 18.6. The molecule has 3 fully saturated rings. The third-order valence-corrected chi connectivity index (χ3v) is 7.89. The Morgan fingerprint density at radius 1 is 1.06 bits per heavy atom. The van der Waals surface area contributed by atoms with Gasteiger partial charge in [0.15, 0.2) is 0 Å². The number of hydroxylamine groups is 1. The van der Waals surface area contributed by atoms with Crippen molar-refractivity contribution in [1.82, 2.24) is 10.4 Å². The van der Waals surface area contributed by atoms with Gasteiger partial charge in [-0.15, -0.1) is 5.48 Å². The van der Waals surface area contributed by atoms with Gasteiger partial charge in [0, 0.05) is 18.0 Å². The van der Waals surface area contributed by atoms with Gasteiger partial charge in [0.05, 0.1) is 11.6 Å². The van der Waals surface area contributed by atoms with Gasteiger partial charge >= 0.3 is 5.97 Å².